The van der Waals surface area contributed by atoms with E-state index >= 15 is 4.39 Å². The lowest BCUT2D eigenvalue weighted by molar-refractivity contribution is -0.130. The largest absolute Gasteiger partial charge is 0.396 e. The molecule has 0 radical (unpaired) electrons. The third kappa shape index (κ3) is 3.65. The molecule has 168 valence electrons. The summed E-state index contributed by atoms with van der Waals surface area (Å²) < 4.78 is 16.8. The maximum atomic E-state index is 15.1. The van der Waals surface area contributed by atoms with Gasteiger partial charge in [0.25, 0.3) is 0 Å². The van der Waals surface area contributed by atoms with Crippen LogP contribution in [0.4, 0.5) is 21.7 Å². The summed E-state index contributed by atoms with van der Waals surface area (Å²) in [6.45, 7) is 4.81. The van der Waals surface area contributed by atoms with Gasteiger partial charge in [-0.1, -0.05) is 6.92 Å². The van der Waals surface area contributed by atoms with Gasteiger partial charge in [0.1, 0.15) is 12.4 Å². The van der Waals surface area contributed by atoms with Crippen molar-refractivity contribution >= 4 is 34.0 Å². The molecule has 0 saturated heterocycles. The number of halogens is 1. The molecule has 3 aromatic heterocycles. The fourth-order valence-electron chi connectivity index (χ4n) is 4.31. The van der Waals surface area contributed by atoms with Crippen molar-refractivity contribution in [2.45, 2.75) is 26.3 Å². The minimum Gasteiger partial charge on any atom is -0.396 e. The Bertz CT molecular complexity index is 1400. The van der Waals surface area contributed by atoms with Crippen LogP contribution in [0.5, 0.6) is 0 Å². The van der Waals surface area contributed by atoms with Gasteiger partial charge in [-0.15, -0.1) is 0 Å². The second kappa shape index (κ2) is 7.84. The summed E-state index contributed by atoms with van der Waals surface area (Å²) >= 11 is 0. The number of pyridine rings is 2. The topological polar surface area (TPSA) is 102 Å². The van der Waals surface area contributed by atoms with E-state index in [1.54, 1.807) is 41.3 Å². The van der Waals surface area contributed by atoms with Gasteiger partial charge in [-0.2, -0.15) is 5.10 Å². The van der Waals surface area contributed by atoms with Crippen LogP contribution < -0.4 is 11.1 Å². The molecule has 0 bridgehead atoms. The first-order valence-electron chi connectivity index (χ1n) is 10.7. The highest BCUT2D eigenvalue weighted by molar-refractivity contribution is 5.98. The number of nitrogen functional groups attached to an aromatic ring is 1. The number of amides is 1. The molecule has 3 N–H and O–H groups in total. The molecule has 0 aliphatic carbocycles. The molecule has 0 fully saturated rings. The zero-order chi connectivity index (χ0) is 23.3. The highest BCUT2D eigenvalue weighted by Gasteiger charge is 2.24. The van der Waals surface area contributed by atoms with Gasteiger partial charge in [-0.05, 0) is 36.1 Å². The molecule has 0 saturated carbocycles. The van der Waals surface area contributed by atoms with E-state index < -0.39 is 5.82 Å². The molecule has 4 aromatic rings. The number of anilines is 3. The summed E-state index contributed by atoms with van der Waals surface area (Å²) in [7, 11) is 1.80. The Labute approximate surface area is 190 Å². The molecule has 5 rings (SSSR count). The summed E-state index contributed by atoms with van der Waals surface area (Å²) in [6, 6.07) is 7.34. The standard InChI is InChI=1S/C24H24FN7O/c1-13-4-5-27-9-17(13)16-6-15-7-20(28-10-18(15)24(26)23(16)25)29-21-8-19-14(2)11-31(3)22(33)12-32(19)30-21/h4-10,14H,11-12,26H2,1-3H3,(H,28,29,30)/t14-/m0/s1. The molecule has 1 atom stereocenters. The van der Waals surface area contributed by atoms with Crippen LogP contribution in [0.15, 0.2) is 42.9 Å². The zero-order valence-corrected chi connectivity index (χ0v) is 18.6. The van der Waals surface area contributed by atoms with E-state index in [2.05, 4.69) is 27.3 Å². The Hall–Kier alpha value is -4.01. The lowest BCUT2D eigenvalue weighted by Gasteiger charge is -2.16. The van der Waals surface area contributed by atoms with Crippen LogP contribution in [-0.2, 0) is 11.3 Å². The Balaban J connectivity index is 1.52. The zero-order valence-electron chi connectivity index (χ0n) is 18.6. The van der Waals surface area contributed by atoms with Crippen LogP contribution in [-0.4, -0.2) is 44.1 Å². The number of benzene rings is 1. The van der Waals surface area contributed by atoms with E-state index in [1.165, 1.54) is 0 Å². The van der Waals surface area contributed by atoms with Gasteiger partial charge in [0, 0.05) is 66.4 Å². The predicted octanol–water partition coefficient (Wildman–Crippen LogP) is 3.84. The average Bonchev–Trinajstić information content (AvgIpc) is 3.14. The summed E-state index contributed by atoms with van der Waals surface area (Å²) in [5.74, 6) is 0.839. The van der Waals surface area contributed by atoms with Gasteiger partial charge in [-0.3, -0.25) is 14.5 Å². The van der Waals surface area contributed by atoms with Crippen molar-refractivity contribution in [1.29, 1.82) is 0 Å². The molecule has 1 aliphatic rings. The summed E-state index contributed by atoms with van der Waals surface area (Å²) in [5.41, 5.74) is 9.15. The van der Waals surface area contributed by atoms with Gasteiger partial charge in [0.15, 0.2) is 11.6 Å². The first-order chi connectivity index (χ1) is 15.8. The molecule has 8 nitrogen and oxygen atoms in total. The Morgan fingerprint density at radius 1 is 1.18 bits per heavy atom. The number of nitrogens with two attached hydrogens (primary N) is 1. The van der Waals surface area contributed by atoms with Crippen molar-refractivity contribution in [3.05, 3.63) is 59.9 Å². The number of carbonyl (C=O) groups is 1. The van der Waals surface area contributed by atoms with E-state index in [1.807, 2.05) is 25.1 Å². The van der Waals surface area contributed by atoms with E-state index in [9.17, 15) is 4.79 Å². The molecule has 0 spiro atoms. The summed E-state index contributed by atoms with van der Waals surface area (Å²) in [5, 5.41) is 9.04. The fraction of sp³-hybridized carbons (Fsp3) is 0.250. The predicted molar refractivity (Wildman–Crippen MR) is 126 cm³/mol. The number of hydrogen-bond acceptors (Lipinski definition) is 6. The van der Waals surface area contributed by atoms with Crippen LogP contribution in [0.2, 0.25) is 0 Å². The minimum absolute atomic E-state index is 0.0230. The molecule has 1 aromatic carbocycles. The van der Waals surface area contributed by atoms with Gasteiger partial charge < -0.3 is 16.0 Å². The number of nitrogens with zero attached hydrogens (tertiary/aromatic N) is 5. The number of likely N-dealkylation sites (N-methyl/N-ethyl adjacent to an activating group) is 1. The van der Waals surface area contributed by atoms with Crippen LogP contribution in [0.1, 0.15) is 24.1 Å². The lowest BCUT2D eigenvalue weighted by Crippen LogP contribution is -2.29. The first-order valence-corrected chi connectivity index (χ1v) is 10.7. The van der Waals surface area contributed by atoms with Crippen molar-refractivity contribution in [2.24, 2.45) is 0 Å². The molecule has 1 aliphatic heterocycles. The third-order valence-electron chi connectivity index (χ3n) is 6.16. The van der Waals surface area contributed by atoms with Crippen molar-refractivity contribution < 1.29 is 9.18 Å². The molecular weight excluding hydrogens is 421 g/mol. The highest BCUT2D eigenvalue weighted by atomic mass is 19.1. The van der Waals surface area contributed by atoms with E-state index in [4.69, 9.17) is 5.73 Å². The Morgan fingerprint density at radius 3 is 2.79 bits per heavy atom. The summed E-state index contributed by atoms with van der Waals surface area (Å²) in [6.07, 6.45) is 4.86. The van der Waals surface area contributed by atoms with E-state index in [0.29, 0.717) is 34.7 Å². The van der Waals surface area contributed by atoms with Crippen molar-refractivity contribution in [3.8, 4) is 11.1 Å². The monoisotopic (exact) mass is 445 g/mol. The smallest absolute Gasteiger partial charge is 0.244 e. The van der Waals surface area contributed by atoms with Crippen LogP contribution in [0, 0.1) is 12.7 Å². The Kier molecular flexibility index (Phi) is 4.96. The average molecular weight is 446 g/mol. The quantitative estimate of drug-likeness (QED) is 0.465. The van der Waals surface area contributed by atoms with Crippen molar-refractivity contribution in [2.75, 3.05) is 24.6 Å². The second-order valence-electron chi connectivity index (χ2n) is 8.55. The maximum Gasteiger partial charge on any atom is 0.244 e. The molecule has 0 unspecified atom stereocenters. The van der Waals surface area contributed by atoms with Gasteiger partial charge in [0.05, 0.1) is 5.69 Å². The normalized spacial score (nSPS) is 16.1. The maximum absolute atomic E-state index is 15.1. The number of rotatable bonds is 3. The van der Waals surface area contributed by atoms with Crippen LogP contribution in [0.3, 0.4) is 0 Å². The lowest BCUT2D eigenvalue weighted by atomic mass is 9.98. The number of hydrogen-bond donors (Lipinski definition) is 2. The number of aromatic nitrogens is 4. The molecular formula is C24H24FN7O. The number of carbonyl (C=O) groups excluding carboxylic acids is 1. The SMILES string of the molecule is Cc1ccncc1-c1cc2cc(Nc3cc4n(n3)CC(=O)N(C)C[C@@H]4C)ncc2c(N)c1F. The first kappa shape index (κ1) is 20.9. The third-order valence-corrected chi connectivity index (χ3v) is 6.16. The fourth-order valence-corrected chi connectivity index (χ4v) is 4.31. The van der Waals surface area contributed by atoms with Crippen LogP contribution in [0.25, 0.3) is 21.9 Å². The molecule has 9 heteroatoms. The van der Waals surface area contributed by atoms with Gasteiger partial charge >= 0.3 is 0 Å². The van der Waals surface area contributed by atoms with Crippen molar-refractivity contribution in [1.82, 2.24) is 24.6 Å². The van der Waals surface area contributed by atoms with Crippen LogP contribution >= 0.6 is 0 Å². The summed E-state index contributed by atoms with van der Waals surface area (Å²) in [4.78, 5) is 22.5. The van der Waals surface area contributed by atoms with Gasteiger partial charge in [0.2, 0.25) is 5.91 Å². The number of fused-ring (bicyclic) bond motifs is 2. The number of nitrogens with one attached hydrogen (secondary N) is 1. The van der Waals surface area contributed by atoms with E-state index in [0.717, 1.165) is 16.6 Å². The second-order valence-corrected chi connectivity index (χ2v) is 8.55. The van der Waals surface area contributed by atoms with E-state index in [-0.39, 0.29) is 24.1 Å². The molecule has 4 heterocycles. The minimum atomic E-state index is -0.484. The van der Waals surface area contributed by atoms with Gasteiger partial charge in [-0.25, -0.2) is 9.37 Å². The molecule has 33 heavy (non-hydrogen) atoms. The highest BCUT2D eigenvalue weighted by Crippen LogP contribution is 2.35. The Morgan fingerprint density at radius 2 is 2.00 bits per heavy atom. The molecule has 1 amide bonds. The number of aryl methyl sites for hydroxylation is 1. The van der Waals surface area contributed by atoms with Crippen molar-refractivity contribution in [3.63, 3.8) is 0 Å².